The van der Waals surface area contributed by atoms with Crippen molar-refractivity contribution in [2.45, 2.75) is 12.1 Å². The lowest BCUT2D eigenvalue weighted by Crippen LogP contribution is -2.16. The minimum atomic E-state index is -4.03. The van der Waals surface area contributed by atoms with E-state index in [1.807, 2.05) is 0 Å². The molecule has 3 N–H and O–H groups in total. The predicted molar refractivity (Wildman–Crippen MR) is 47.2 cm³/mol. The van der Waals surface area contributed by atoms with Crippen molar-refractivity contribution in [3.05, 3.63) is 0 Å². The Morgan fingerprint density at radius 1 is 1.58 bits per heavy atom. The van der Waals surface area contributed by atoms with Gasteiger partial charge in [-0.1, -0.05) is 0 Å². The van der Waals surface area contributed by atoms with E-state index in [-0.39, 0.29) is 21.2 Å². The van der Waals surface area contributed by atoms with E-state index in [9.17, 15) is 9.36 Å². The van der Waals surface area contributed by atoms with E-state index >= 15 is 0 Å². The van der Waals surface area contributed by atoms with Crippen LogP contribution in [0.4, 0.5) is 0 Å². The first-order valence-electron chi connectivity index (χ1n) is 3.31. The Balaban J connectivity index is 3.90. The Morgan fingerprint density at radius 3 is 2.33 bits per heavy atom. The highest BCUT2D eigenvalue weighted by molar-refractivity contribution is 7.51. The molecule has 7 heteroatoms. The summed E-state index contributed by atoms with van der Waals surface area (Å²) < 4.78 is 10.4. The Morgan fingerprint density at radius 2 is 2.08 bits per heavy atom. The van der Waals surface area contributed by atoms with Crippen LogP contribution in [0.2, 0.25) is 0 Å². The first-order chi connectivity index (χ1) is 5.37. The molecular weight excluding hydrogens is 202 g/mol. The van der Waals surface area contributed by atoms with Crippen LogP contribution in [0.1, 0.15) is 6.42 Å². The van der Waals surface area contributed by atoms with Gasteiger partial charge in [0.05, 0.1) is 11.8 Å². The van der Waals surface area contributed by atoms with Gasteiger partial charge in [0.25, 0.3) is 0 Å². The zero-order valence-corrected chi connectivity index (χ0v) is 8.49. The Kier molecular flexibility index (Phi) is 4.95. The van der Waals surface area contributed by atoms with Gasteiger partial charge in [0, 0.05) is 0 Å². The van der Waals surface area contributed by atoms with E-state index in [1.165, 1.54) is 0 Å². The molecule has 0 aromatic rings. The van der Waals surface area contributed by atoms with Crippen LogP contribution in [-0.2, 0) is 9.36 Å². The molecule has 0 bridgehead atoms. The van der Waals surface area contributed by atoms with Gasteiger partial charge in [-0.15, -0.1) is 8.58 Å². The van der Waals surface area contributed by atoms with Crippen LogP contribution in [0.15, 0.2) is 0 Å². The van der Waals surface area contributed by atoms with Gasteiger partial charge in [-0.3, -0.25) is 9.36 Å². The van der Waals surface area contributed by atoms with E-state index in [0.717, 1.165) is 0 Å². The number of aliphatic carboxylic acids is 1. The van der Waals surface area contributed by atoms with Gasteiger partial charge < -0.3 is 14.9 Å². The Labute approximate surface area is 72.1 Å². The smallest absolute Gasteiger partial charge is 0.325 e. The molecule has 0 aliphatic rings. The summed E-state index contributed by atoms with van der Waals surface area (Å²) in [5.41, 5.74) is -0.613. The first kappa shape index (κ1) is 12.0. The molecule has 12 heavy (non-hydrogen) atoms. The molecule has 0 saturated carbocycles. The van der Waals surface area contributed by atoms with Gasteiger partial charge in [-0.25, -0.2) is 0 Å². The highest BCUT2D eigenvalue weighted by atomic mass is 31.2. The maximum Gasteiger partial charge on any atom is 0.325 e. The van der Waals surface area contributed by atoms with Crippen molar-refractivity contribution in [1.29, 1.82) is 0 Å². The summed E-state index contributed by atoms with van der Waals surface area (Å²) in [5.74, 6) is -0.982. The molecule has 0 aromatic carbocycles. The number of carboxylic acid groups (broad SMARTS) is 1. The lowest BCUT2D eigenvalue weighted by atomic mass is 10.3. The predicted octanol–water partition coefficient (Wildman–Crippen LogP) is 0.316. The molecule has 2 unspecified atom stereocenters. The molecule has 0 amide bonds. The average molecular weight is 214 g/mol. The third kappa shape index (κ3) is 5.67. The Bertz CT molecular complexity index is 198. The molecule has 0 aliphatic heterocycles. The number of carboxylic acids is 1. The van der Waals surface area contributed by atoms with Crippen LogP contribution >= 0.6 is 16.2 Å². The van der Waals surface area contributed by atoms with Crippen LogP contribution in [0, 0.1) is 0 Å². The second kappa shape index (κ2) is 4.93. The summed E-state index contributed by atoms with van der Waals surface area (Å²) in [5, 5.41) is 8.52. The average Bonchev–Trinajstić information content (AvgIpc) is 1.85. The Hall–Kier alpha value is 0.0500. The number of hydrogen-bond donors (Lipinski definition) is 3. The summed E-state index contributed by atoms with van der Waals surface area (Å²) in [6.07, 6.45) is -0.292. The molecule has 0 rings (SSSR count). The fourth-order valence-electron chi connectivity index (χ4n) is 0.689. The minimum Gasteiger partial charge on any atom is -0.481 e. The molecule has 0 aliphatic carbocycles. The second-order valence-electron chi connectivity index (χ2n) is 2.36. The van der Waals surface area contributed by atoms with Crippen molar-refractivity contribution in [3.8, 4) is 0 Å². The van der Waals surface area contributed by atoms with Crippen molar-refractivity contribution in [3.63, 3.8) is 0 Å². The summed E-state index contributed by atoms with van der Waals surface area (Å²) in [7, 11) is -3.86. The van der Waals surface area contributed by atoms with Gasteiger partial charge in [-0.05, 0) is 13.1 Å². The van der Waals surface area contributed by atoms with Gasteiger partial charge in [0.15, 0.2) is 0 Å². The molecule has 5 nitrogen and oxygen atoms in total. The van der Waals surface area contributed by atoms with Crippen LogP contribution < -0.4 is 0 Å². The molecule has 0 saturated heterocycles. The fraction of sp³-hybridized carbons (Fsp3) is 0.800. The lowest BCUT2D eigenvalue weighted by Gasteiger charge is -2.09. The molecule has 2 atom stereocenters. The highest BCUT2D eigenvalue weighted by Crippen LogP contribution is 2.37. The van der Waals surface area contributed by atoms with E-state index < -0.39 is 19.2 Å². The van der Waals surface area contributed by atoms with E-state index in [2.05, 4.69) is 0 Å². The summed E-state index contributed by atoms with van der Waals surface area (Å²) >= 11 is 0. The van der Waals surface area contributed by atoms with Crippen molar-refractivity contribution in [2.24, 2.45) is 0 Å². The summed E-state index contributed by atoms with van der Waals surface area (Å²) in [4.78, 5) is 27.3. The molecule has 72 valence electrons. The third-order valence-corrected chi connectivity index (χ3v) is 3.43. The lowest BCUT2D eigenvalue weighted by molar-refractivity contribution is -0.136. The van der Waals surface area contributed by atoms with Gasteiger partial charge in [0.1, 0.15) is 0 Å². The topological polar surface area (TPSA) is 94.8 Å². The molecule has 0 fully saturated rings. The van der Waals surface area contributed by atoms with Crippen LogP contribution in [0.3, 0.4) is 0 Å². The van der Waals surface area contributed by atoms with Crippen LogP contribution in [0.5, 0.6) is 0 Å². The SMILES string of the molecule is CPC(CCP(=O)(O)O)C(=O)O. The number of hydrogen-bond acceptors (Lipinski definition) is 2. The largest absolute Gasteiger partial charge is 0.481 e. The zero-order chi connectivity index (χ0) is 9.78. The van der Waals surface area contributed by atoms with E-state index in [4.69, 9.17) is 14.9 Å². The maximum absolute atomic E-state index is 10.4. The van der Waals surface area contributed by atoms with Crippen LogP contribution in [0.25, 0.3) is 0 Å². The van der Waals surface area contributed by atoms with Gasteiger partial charge in [0.2, 0.25) is 0 Å². The zero-order valence-electron chi connectivity index (χ0n) is 6.60. The van der Waals surface area contributed by atoms with E-state index in [0.29, 0.717) is 0 Å². The standard InChI is InChI=1S/C5H12O5P2/c1-11-4(5(6)7)2-3-12(8,9)10/h4,11H,2-3H2,1H3,(H,6,7)(H2,8,9,10). The van der Waals surface area contributed by atoms with Gasteiger partial charge >= 0.3 is 13.6 Å². The maximum atomic E-state index is 10.4. The summed E-state index contributed by atoms with van der Waals surface area (Å²) in [6, 6.07) is 0. The molecule has 0 radical (unpaired) electrons. The van der Waals surface area contributed by atoms with Crippen molar-refractivity contribution in [2.75, 3.05) is 12.8 Å². The normalized spacial score (nSPS) is 15.2. The minimum absolute atomic E-state index is 0.0502. The second-order valence-corrected chi connectivity index (χ2v) is 5.41. The van der Waals surface area contributed by atoms with Gasteiger partial charge in [-0.2, -0.15) is 0 Å². The molecular formula is C5H12O5P2. The summed E-state index contributed by atoms with van der Waals surface area (Å²) in [6.45, 7) is 1.71. The molecule has 0 aromatic heterocycles. The van der Waals surface area contributed by atoms with Crippen molar-refractivity contribution in [1.82, 2.24) is 0 Å². The third-order valence-electron chi connectivity index (χ3n) is 1.36. The highest BCUT2D eigenvalue weighted by Gasteiger charge is 2.20. The quantitative estimate of drug-likeness (QED) is 0.572. The fourth-order valence-corrected chi connectivity index (χ4v) is 2.21. The van der Waals surface area contributed by atoms with E-state index in [1.54, 1.807) is 6.66 Å². The van der Waals surface area contributed by atoms with Crippen molar-refractivity contribution >= 4 is 22.1 Å². The molecule has 0 heterocycles. The molecule has 0 spiro atoms. The number of carbonyl (C=O) groups is 1. The first-order valence-corrected chi connectivity index (χ1v) is 6.69. The number of rotatable bonds is 5. The van der Waals surface area contributed by atoms with Crippen LogP contribution in [-0.4, -0.2) is 39.3 Å². The monoisotopic (exact) mass is 214 g/mol. The van der Waals surface area contributed by atoms with Crippen molar-refractivity contribution < 1.29 is 24.3 Å².